The minimum Gasteiger partial charge on any atom is -0.462 e. The first kappa shape index (κ1) is 13.9. The van der Waals surface area contributed by atoms with Gasteiger partial charge in [-0.25, -0.2) is 0 Å². The summed E-state index contributed by atoms with van der Waals surface area (Å²) < 4.78 is 5.09. The second-order valence-corrected chi connectivity index (χ2v) is 5.29. The molecule has 3 atom stereocenters. The number of ether oxygens (including phenoxy) is 1. The Kier molecular flexibility index (Phi) is 4.07. The maximum Gasteiger partial charge on any atom is 0.302 e. The van der Waals surface area contributed by atoms with Crippen molar-refractivity contribution in [2.45, 2.75) is 53.1 Å². The van der Waals surface area contributed by atoms with Crippen LogP contribution in [0.3, 0.4) is 0 Å². The highest BCUT2D eigenvalue weighted by Gasteiger charge is 2.45. The number of hydrogen-bond donors (Lipinski definition) is 0. The Morgan fingerprint density at radius 1 is 1.41 bits per heavy atom. The number of Topliss-reactive ketones (excluding diaryl/α,β-unsaturated/α-hetero) is 2. The Morgan fingerprint density at radius 3 is 2.41 bits per heavy atom. The first-order valence-electron chi connectivity index (χ1n) is 5.95. The van der Waals surface area contributed by atoms with Gasteiger partial charge in [0.2, 0.25) is 0 Å². The van der Waals surface area contributed by atoms with Gasteiger partial charge in [0.1, 0.15) is 17.7 Å². The quantitative estimate of drug-likeness (QED) is 0.707. The summed E-state index contributed by atoms with van der Waals surface area (Å²) in [7, 11) is 0. The molecule has 4 nitrogen and oxygen atoms in total. The van der Waals surface area contributed by atoms with Crippen molar-refractivity contribution in [2.24, 2.45) is 11.3 Å². The van der Waals surface area contributed by atoms with E-state index < -0.39 is 5.41 Å². The lowest BCUT2D eigenvalue weighted by Gasteiger charge is -2.40. The minimum atomic E-state index is -0.595. The van der Waals surface area contributed by atoms with E-state index in [0.29, 0.717) is 6.42 Å². The highest BCUT2D eigenvalue weighted by atomic mass is 16.5. The fourth-order valence-corrected chi connectivity index (χ4v) is 2.57. The molecule has 0 bridgehead atoms. The van der Waals surface area contributed by atoms with E-state index in [-0.39, 0.29) is 42.4 Å². The molecule has 0 radical (unpaired) electrons. The smallest absolute Gasteiger partial charge is 0.302 e. The van der Waals surface area contributed by atoms with Gasteiger partial charge >= 0.3 is 5.97 Å². The maximum atomic E-state index is 12.1. The largest absolute Gasteiger partial charge is 0.462 e. The van der Waals surface area contributed by atoms with Crippen LogP contribution in [0.2, 0.25) is 0 Å². The number of hydrogen-bond acceptors (Lipinski definition) is 4. The lowest BCUT2D eigenvalue weighted by molar-refractivity contribution is -0.156. The minimum absolute atomic E-state index is 0.0256. The van der Waals surface area contributed by atoms with E-state index in [9.17, 15) is 14.4 Å². The van der Waals surface area contributed by atoms with E-state index in [1.165, 1.54) is 13.8 Å². The standard InChI is InChI=1S/C13H20O4/c1-8-5-11(17-10(3)15)6-12(16)13(8,4)7-9(2)14/h8,11H,5-7H2,1-4H3/t8-,11-,13+/m1/s1. The van der Waals surface area contributed by atoms with Gasteiger partial charge < -0.3 is 4.74 Å². The van der Waals surface area contributed by atoms with E-state index in [4.69, 9.17) is 4.74 Å². The molecule has 0 spiro atoms. The van der Waals surface area contributed by atoms with Crippen molar-refractivity contribution in [3.8, 4) is 0 Å². The number of rotatable bonds is 3. The topological polar surface area (TPSA) is 60.4 Å². The van der Waals surface area contributed by atoms with E-state index >= 15 is 0 Å². The average molecular weight is 240 g/mol. The van der Waals surface area contributed by atoms with Crippen molar-refractivity contribution in [1.82, 2.24) is 0 Å². The van der Waals surface area contributed by atoms with Crippen LogP contribution in [-0.2, 0) is 19.1 Å². The van der Waals surface area contributed by atoms with Crippen LogP contribution in [0.1, 0.15) is 47.0 Å². The zero-order chi connectivity index (χ0) is 13.2. The molecule has 17 heavy (non-hydrogen) atoms. The van der Waals surface area contributed by atoms with Crippen molar-refractivity contribution < 1.29 is 19.1 Å². The highest BCUT2D eigenvalue weighted by molar-refractivity contribution is 5.91. The lowest BCUT2D eigenvalue weighted by Crippen LogP contribution is -2.45. The molecule has 0 amide bonds. The van der Waals surface area contributed by atoms with Gasteiger partial charge in [0.05, 0.1) is 0 Å². The summed E-state index contributed by atoms with van der Waals surface area (Å²) >= 11 is 0. The van der Waals surface area contributed by atoms with E-state index in [2.05, 4.69) is 0 Å². The summed E-state index contributed by atoms with van der Waals surface area (Å²) in [6.07, 6.45) is 0.831. The van der Waals surface area contributed by atoms with Gasteiger partial charge in [-0.3, -0.25) is 14.4 Å². The molecule has 0 N–H and O–H groups in total. The first-order chi connectivity index (χ1) is 7.75. The van der Waals surface area contributed by atoms with Crippen LogP contribution in [0.5, 0.6) is 0 Å². The molecule has 96 valence electrons. The number of carbonyl (C=O) groups is 3. The third-order valence-corrected chi connectivity index (χ3v) is 3.70. The molecule has 0 saturated heterocycles. The van der Waals surface area contributed by atoms with Crippen molar-refractivity contribution in [3.63, 3.8) is 0 Å². The Hall–Kier alpha value is -1.19. The summed E-state index contributed by atoms with van der Waals surface area (Å²) in [5.41, 5.74) is -0.595. The predicted molar refractivity (Wildman–Crippen MR) is 62.4 cm³/mol. The Morgan fingerprint density at radius 2 is 2.00 bits per heavy atom. The molecule has 0 aromatic carbocycles. The number of carbonyl (C=O) groups excluding carboxylic acids is 3. The third-order valence-electron chi connectivity index (χ3n) is 3.70. The van der Waals surface area contributed by atoms with Gasteiger partial charge in [-0.05, 0) is 19.3 Å². The zero-order valence-corrected chi connectivity index (χ0v) is 10.9. The van der Waals surface area contributed by atoms with E-state index in [1.807, 2.05) is 13.8 Å². The zero-order valence-electron chi connectivity index (χ0n) is 10.9. The predicted octanol–water partition coefficient (Wildman–Crippen LogP) is 1.90. The second kappa shape index (κ2) is 4.98. The van der Waals surface area contributed by atoms with Crippen molar-refractivity contribution in [2.75, 3.05) is 0 Å². The molecule has 1 fully saturated rings. The molecule has 0 aromatic heterocycles. The molecule has 0 heterocycles. The van der Waals surface area contributed by atoms with Crippen LogP contribution in [0.15, 0.2) is 0 Å². The second-order valence-electron chi connectivity index (χ2n) is 5.29. The van der Waals surface area contributed by atoms with Gasteiger partial charge in [-0.15, -0.1) is 0 Å². The number of esters is 1. The Labute approximate surface area is 102 Å². The maximum absolute atomic E-state index is 12.1. The monoisotopic (exact) mass is 240 g/mol. The third kappa shape index (κ3) is 3.14. The molecule has 1 saturated carbocycles. The SMILES string of the molecule is CC(=O)C[C@]1(C)C(=O)C[C@H](OC(C)=O)C[C@H]1C. The van der Waals surface area contributed by atoms with E-state index in [1.54, 1.807) is 0 Å². The van der Waals surface area contributed by atoms with Crippen molar-refractivity contribution in [3.05, 3.63) is 0 Å². The van der Waals surface area contributed by atoms with Gasteiger partial charge in [-0.2, -0.15) is 0 Å². The van der Waals surface area contributed by atoms with Crippen LogP contribution in [-0.4, -0.2) is 23.6 Å². The van der Waals surface area contributed by atoms with Gasteiger partial charge in [0.15, 0.2) is 0 Å². The molecule has 1 rings (SSSR count). The summed E-state index contributed by atoms with van der Waals surface area (Å²) in [6.45, 7) is 6.63. The van der Waals surface area contributed by atoms with Gasteiger partial charge in [0, 0.05) is 25.2 Å². The highest BCUT2D eigenvalue weighted by Crippen LogP contribution is 2.41. The molecule has 0 aromatic rings. The van der Waals surface area contributed by atoms with E-state index in [0.717, 1.165) is 0 Å². The van der Waals surface area contributed by atoms with Crippen LogP contribution in [0.4, 0.5) is 0 Å². The molecular formula is C13H20O4. The van der Waals surface area contributed by atoms with Crippen LogP contribution >= 0.6 is 0 Å². The fraction of sp³-hybridized carbons (Fsp3) is 0.769. The normalized spacial score (nSPS) is 33.3. The summed E-state index contributed by atoms with van der Waals surface area (Å²) in [5.74, 6) is -0.251. The molecule has 1 aliphatic rings. The van der Waals surface area contributed by atoms with Crippen LogP contribution < -0.4 is 0 Å². The van der Waals surface area contributed by atoms with Crippen molar-refractivity contribution in [1.29, 1.82) is 0 Å². The van der Waals surface area contributed by atoms with Gasteiger partial charge in [-0.1, -0.05) is 13.8 Å². The Balaban J connectivity index is 2.77. The summed E-state index contributed by atoms with van der Waals surface area (Å²) in [6, 6.07) is 0. The first-order valence-corrected chi connectivity index (χ1v) is 5.95. The molecule has 0 aliphatic heterocycles. The van der Waals surface area contributed by atoms with Crippen LogP contribution in [0, 0.1) is 11.3 Å². The molecule has 0 unspecified atom stereocenters. The summed E-state index contributed by atoms with van der Waals surface area (Å²) in [5, 5.41) is 0. The van der Waals surface area contributed by atoms with Crippen LogP contribution in [0.25, 0.3) is 0 Å². The average Bonchev–Trinajstić information content (AvgIpc) is 2.12. The van der Waals surface area contributed by atoms with Crippen molar-refractivity contribution >= 4 is 17.5 Å². The molecular weight excluding hydrogens is 220 g/mol. The lowest BCUT2D eigenvalue weighted by atomic mass is 9.64. The van der Waals surface area contributed by atoms with Gasteiger partial charge in [0.25, 0.3) is 0 Å². The number of ketones is 2. The fourth-order valence-electron chi connectivity index (χ4n) is 2.57. The molecule has 1 aliphatic carbocycles. The summed E-state index contributed by atoms with van der Waals surface area (Å²) in [4.78, 5) is 34.2. The Bertz CT molecular complexity index is 347. The molecule has 4 heteroatoms.